The number of hydrogen-bond acceptors (Lipinski definition) is 4. The molecule has 23 heavy (non-hydrogen) atoms. The smallest absolute Gasteiger partial charge is 0.353 e. The molecule has 0 aliphatic heterocycles. The van der Waals surface area contributed by atoms with Gasteiger partial charge in [0.1, 0.15) is 5.70 Å². The molecule has 0 amide bonds. The number of carbonyl (C=O) groups is 1. The molecule has 0 unspecified atom stereocenters. The van der Waals surface area contributed by atoms with Crippen LogP contribution in [-0.4, -0.2) is 11.1 Å². The Labute approximate surface area is 139 Å². The van der Waals surface area contributed by atoms with Gasteiger partial charge < -0.3 is 16.3 Å². The number of nitrogens with two attached hydrogens (primary N) is 2. The van der Waals surface area contributed by atoms with Gasteiger partial charge in [0.2, 0.25) is 0 Å². The fraction of sp³-hybridized carbons (Fsp3) is 0.118. The Morgan fingerprint density at radius 2 is 2.00 bits per heavy atom. The maximum atomic E-state index is 10.8. The van der Waals surface area contributed by atoms with E-state index in [1.54, 1.807) is 6.08 Å². The molecular formula is C17H18ClN3O2. The minimum atomic E-state index is -1.23. The number of aliphatic carboxylic acids is 1. The molecule has 0 bridgehead atoms. The predicted molar refractivity (Wildman–Crippen MR) is 92.8 cm³/mol. The highest BCUT2D eigenvalue weighted by Gasteiger charge is 2.08. The molecule has 1 aromatic carbocycles. The van der Waals surface area contributed by atoms with Gasteiger partial charge in [0, 0.05) is 5.03 Å². The highest BCUT2D eigenvalue weighted by atomic mass is 35.5. The highest BCUT2D eigenvalue weighted by Crippen LogP contribution is 2.30. The van der Waals surface area contributed by atoms with E-state index in [9.17, 15) is 4.79 Å². The molecule has 0 heterocycles. The van der Waals surface area contributed by atoms with Crippen LogP contribution in [0.4, 0.5) is 0 Å². The van der Waals surface area contributed by atoms with Gasteiger partial charge >= 0.3 is 5.97 Å². The van der Waals surface area contributed by atoms with Crippen molar-refractivity contribution >= 4 is 29.2 Å². The zero-order chi connectivity index (χ0) is 16.8. The zero-order valence-corrected chi connectivity index (χ0v) is 13.2. The van der Waals surface area contributed by atoms with Crippen LogP contribution in [0.25, 0.3) is 11.6 Å². The molecule has 0 saturated heterocycles. The monoisotopic (exact) mass is 331 g/mol. The van der Waals surface area contributed by atoms with Gasteiger partial charge in [0.25, 0.3) is 0 Å². The second kappa shape index (κ2) is 7.67. The molecule has 0 aromatic heterocycles. The Kier molecular flexibility index (Phi) is 5.62. The van der Waals surface area contributed by atoms with Gasteiger partial charge in [-0.3, -0.25) is 5.84 Å². The molecule has 0 spiro atoms. The molecule has 120 valence electrons. The summed E-state index contributed by atoms with van der Waals surface area (Å²) in [7, 11) is 0. The Bertz CT molecular complexity index is 716. The summed E-state index contributed by atoms with van der Waals surface area (Å²) in [6.07, 6.45) is 9.21. The lowest BCUT2D eigenvalue weighted by atomic mass is 9.98. The third-order valence-corrected chi connectivity index (χ3v) is 3.84. The van der Waals surface area contributed by atoms with Crippen molar-refractivity contribution < 1.29 is 9.90 Å². The van der Waals surface area contributed by atoms with Gasteiger partial charge in [-0.2, -0.15) is 0 Å². The van der Waals surface area contributed by atoms with Crippen molar-refractivity contribution in [1.29, 1.82) is 0 Å². The Balaban J connectivity index is 2.20. The second-order valence-corrected chi connectivity index (χ2v) is 5.45. The van der Waals surface area contributed by atoms with Crippen LogP contribution in [0.3, 0.4) is 0 Å². The molecule has 1 aliphatic rings. The Hall–Kier alpha value is -2.50. The van der Waals surface area contributed by atoms with Crippen LogP contribution < -0.4 is 17.0 Å². The number of carboxylic acid groups (broad SMARTS) is 1. The molecule has 5 nitrogen and oxygen atoms in total. The lowest BCUT2D eigenvalue weighted by Crippen LogP contribution is -2.26. The normalized spacial score (nSPS) is 15.7. The third kappa shape index (κ3) is 4.25. The summed E-state index contributed by atoms with van der Waals surface area (Å²) in [6, 6.07) is 7.76. The van der Waals surface area contributed by atoms with E-state index >= 15 is 0 Å². The number of hydrogen-bond donors (Lipinski definition) is 4. The van der Waals surface area contributed by atoms with Crippen molar-refractivity contribution in [3.63, 3.8) is 0 Å². The summed E-state index contributed by atoms with van der Waals surface area (Å²) in [5, 5.41) is 9.71. The van der Waals surface area contributed by atoms with Crippen molar-refractivity contribution in [2.45, 2.75) is 12.8 Å². The summed E-state index contributed by atoms with van der Waals surface area (Å²) < 4.78 is 0. The number of allylic oxidation sites excluding steroid dienone is 5. The van der Waals surface area contributed by atoms with Crippen molar-refractivity contribution in [3.05, 3.63) is 70.0 Å². The van der Waals surface area contributed by atoms with Crippen LogP contribution in [0.1, 0.15) is 24.0 Å². The molecule has 1 aliphatic carbocycles. The number of nitrogens with one attached hydrogen (secondary N) is 1. The van der Waals surface area contributed by atoms with Gasteiger partial charge in [0.05, 0.1) is 5.70 Å². The first kappa shape index (κ1) is 16.9. The SMILES string of the molecule is NNC(/C=C/c1ccc(C2=C(Cl)CCC=C2)cc1)=C(\N)C(=O)O. The highest BCUT2D eigenvalue weighted by molar-refractivity contribution is 6.33. The predicted octanol–water partition coefficient (Wildman–Crippen LogP) is 2.72. The summed E-state index contributed by atoms with van der Waals surface area (Å²) in [6.45, 7) is 0. The molecule has 0 radical (unpaired) electrons. The first-order chi connectivity index (χ1) is 11.0. The Morgan fingerprint density at radius 1 is 1.30 bits per heavy atom. The molecular weight excluding hydrogens is 314 g/mol. The van der Waals surface area contributed by atoms with Crippen LogP contribution in [0.15, 0.2) is 58.9 Å². The first-order valence-electron chi connectivity index (χ1n) is 7.06. The first-order valence-corrected chi connectivity index (χ1v) is 7.44. The Morgan fingerprint density at radius 3 is 2.57 bits per heavy atom. The lowest BCUT2D eigenvalue weighted by Gasteiger charge is -2.11. The number of carboxylic acids is 1. The quantitative estimate of drug-likeness (QED) is 0.287. The van der Waals surface area contributed by atoms with Gasteiger partial charge in [-0.15, -0.1) is 0 Å². The standard InChI is InChI=1S/C17H18ClN3O2/c18-14-4-2-1-3-13(14)12-8-5-11(6-9-12)7-10-15(21-20)16(19)17(22)23/h1,3,5-10,21H,2,4,19-20H2,(H,22,23)/b10-7+,16-15-. The lowest BCUT2D eigenvalue weighted by molar-refractivity contribution is -0.132. The average Bonchev–Trinajstić information content (AvgIpc) is 2.56. The molecule has 0 atom stereocenters. The van der Waals surface area contributed by atoms with E-state index in [1.165, 1.54) is 6.08 Å². The summed E-state index contributed by atoms with van der Waals surface area (Å²) in [4.78, 5) is 10.8. The molecule has 1 aromatic rings. The van der Waals surface area contributed by atoms with Crippen molar-refractivity contribution in [3.8, 4) is 0 Å². The third-order valence-electron chi connectivity index (χ3n) is 3.45. The minimum Gasteiger partial charge on any atom is -0.477 e. The molecule has 0 fully saturated rings. The van der Waals surface area contributed by atoms with E-state index in [0.717, 1.165) is 34.6 Å². The van der Waals surface area contributed by atoms with E-state index in [0.29, 0.717) is 0 Å². The maximum absolute atomic E-state index is 10.8. The number of benzene rings is 1. The van der Waals surface area contributed by atoms with Crippen LogP contribution in [0, 0.1) is 0 Å². The van der Waals surface area contributed by atoms with E-state index in [2.05, 4.69) is 11.5 Å². The number of halogens is 1. The van der Waals surface area contributed by atoms with Crippen LogP contribution in [-0.2, 0) is 4.79 Å². The molecule has 6 N–H and O–H groups in total. The summed E-state index contributed by atoms with van der Waals surface area (Å²) in [5.41, 5.74) is 10.5. The van der Waals surface area contributed by atoms with Gasteiger partial charge in [-0.25, -0.2) is 4.79 Å². The van der Waals surface area contributed by atoms with Crippen molar-refractivity contribution in [2.75, 3.05) is 0 Å². The molecule has 2 rings (SSSR count). The number of rotatable bonds is 5. The minimum absolute atomic E-state index is 0.141. The summed E-state index contributed by atoms with van der Waals surface area (Å²) in [5.74, 6) is 4.05. The molecule has 0 saturated carbocycles. The maximum Gasteiger partial charge on any atom is 0.353 e. The zero-order valence-electron chi connectivity index (χ0n) is 12.4. The van der Waals surface area contributed by atoms with Crippen LogP contribution in [0.2, 0.25) is 0 Å². The largest absolute Gasteiger partial charge is 0.477 e. The summed E-state index contributed by atoms with van der Waals surface area (Å²) >= 11 is 6.26. The number of hydrazine groups is 1. The fourth-order valence-electron chi connectivity index (χ4n) is 2.17. The van der Waals surface area contributed by atoms with Crippen LogP contribution >= 0.6 is 11.6 Å². The topological polar surface area (TPSA) is 101 Å². The van der Waals surface area contributed by atoms with Gasteiger partial charge in [0.15, 0.2) is 0 Å². The van der Waals surface area contributed by atoms with Gasteiger partial charge in [-0.05, 0) is 35.6 Å². The van der Waals surface area contributed by atoms with Crippen LogP contribution in [0.5, 0.6) is 0 Å². The second-order valence-electron chi connectivity index (χ2n) is 4.99. The van der Waals surface area contributed by atoms with E-state index in [-0.39, 0.29) is 11.4 Å². The van der Waals surface area contributed by atoms with Gasteiger partial charge in [-0.1, -0.05) is 54.1 Å². The molecule has 6 heteroatoms. The van der Waals surface area contributed by atoms with E-state index in [1.807, 2.05) is 30.3 Å². The van der Waals surface area contributed by atoms with E-state index in [4.69, 9.17) is 28.3 Å². The fourth-order valence-corrected chi connectivity index (χ4v) is 2.45. The van der Waals surface area contributed by atoms with Crippen molar-refractivity contribution in [2.24, 2.45) is 11.6 Å². The van der Waals surface area contributed by atoms with E-state index < -0.39 is 5.97 Å². The van der Waals surface area contributed by atoms with Crippen molar-refractivity contribution in [1.82, 2.24) is 5.43 Å². The average molecular weight is 332 g/mol.